The second-order valence-electron chi connectivity index (χ2n) is 3.64. The maximum absolute atomic E-state index is 12.7. The number of alkyl halides is 4. The van der Waals surface area contributed by atoms with Crippen LogP contribution in [0.4, 0.5) is 17.6 Å². The monoisotopic (exact) mass is 374 g/mol. The normalized spacial score (nSPS) is 18.0. The number of rotatable bonds is 7. The molecule has 0 rings (SSSR count). The zero-order valence-electron chi connectivity index (χ0n) is 10.2. The fourth-order valence-electron chi connectivity index (χ4n) is 0.821. The smallest absolute Gasteiger partial charge is 0.384 e. The molecule has 0 saturated carbocycles. The topological polar surface area (TPSA) is 179 Å². The minimum atomic E-state index is -6.36. The fourth-order valence-corrected chi connectivity index (χ4v) is 1.49. The van der Waals surface area contributed by atoms with Gasteiger partial charge in [-0.05, 0) is 0 Å². The number of hydrogen-bond donors (Lipinski definition) is 4. The Morgan fingerprint density at radius 2 is 1.09 bits per heavy atom. The Kier molecular flexibility index (Phi) is 6.29. The number of carbonyl (C=O) groups excluding carboxylic acids is 2. The van der Waals surface area contributed by atoms with E-state index < -0.39 is 51.4 Å². The Labute approximate surface area is 119 Å². The summed E-state index contributed by atoms with van der Waals surface area (Å²) in [5.41, 5.74) is -10.4. The van der Waals surface area contributed by atoms with E-state index in [2.05, 4.69) is 0 Å². The summed E-state index contributed by atoms with van der Waals surface area (Å²) in [6.45, 7) is -2.02. The second kappa shape index (κ2) is 6.60. The van der Waals surface area contributed by atoms with Crippen molar-refractivity contribution in [3.63, 3.8) is 0 Å². The average molecular weight is 374 g/mol. The van der Waals surface area contributed by atoms with E-state index in [0.717, 1.165) is 0 Å². The SMILES string of the molecule is O=C(NCCNC(=O)C(F)(F)P(=O)([O-])O)C(F)(F)P(=O)([O-])O. The van der Waals surface area contributed by atoms with Crippen LogP contribution >= 0.6 is 15.2 Å². The van der Waals surface area contributed by atoms with Crippen molar-refractivity contribution < 1.29 is 55.9 Å². The average Bonchev–Trinajstić information content (AvgIpc) is 2.30. The van der Waals surface area contributed by atoms with E-state index in [-0.39, 0.29) is 0 Å². The van der Waals surface area contributed by atoms with Gasteiger partial charge in [-0.2, -0.15) is 17.6 Å². The molecule has 0 bridgehead atoms. The van der Waals surface area contributed by atoms with Gasteiger partial charge in [0.1, 0.15) is 0 Å². The van der Waals surface area contributed by atoms with Crippen LogP contribution in [0.5, 0.6) is 0 Å². The maximum Gasteiger partial charge on any atom is 0.384 e. The Morgan fingerprint density at radius 1 is 0.864 bits per heavy atom. The molecule has 2 atom stereocenters. The van der Waals surface area contributed by atoms with E-state index in [1.807, 2.05) is 0 Å². The summed E-state index contributed by atoms with van der Waals surface area (Å²) in [5.74, 6) is -4.99. The van der Waals surface area contributed by atoms with Crippen LogP contribution in [0.1, 0.15) is 0 Å². The molecule has 0 aliphatic rings. The summed E-state index contributed by atoms with van der Waals surface area (Å²) in [4.78, 5) is 58.0. The largest absolute Gasteiger partial charge is 0.774 e. The van der Waals surface area contributed by atoms with Crippen LogP contribution < -0.4 is 20.4 Å². The van der Waals surface area contributed by atoms with E-state index in [9.17, 15) is 46.1 Å². The van der Waals surface area contributed by atoms with Gasteiger partial charge in [0, 0.05) is 13.1 Å². The molecule has 10 nitrogen and oxygen atoms in total. The van der Waals surface area contributed by atoms with Crippen molar-refractivity contribution in [1.29, 1.82) is 0 Å². The Hall–Kier alpha value is -1.04. The highest BCUT2D eigenvalue weighted by Crippen LogP contribution is 2.49. The third kappa shape index (κ3) is 4.73. The summed E-state index contributed by atoms with van der Waals surface area (Å²) in [7, 11) is -12.7. The van der Waals surface area contributed by atoms with Crippen LogP contribution in [-0.4, -0.2) is 46.0 Å². The lowest BCUT2D eigenvalue weighted by molar-refractivity contribution is -0.216. The second-order valence-corrected chi connectivity index (χ2v) is 6.84. The van der Waals surface area contributed by atoms with E-state index in [4.69, 9.17) is 9.79 Å². The number of halogens is 4. The highest BCUT2D eigenvalue weighted by Gasteiger charge is 2.50. The van der Waals surface area contributed by atoms with E-state index >= 15 is 0 Å². The molecule has 0 aromatic heterocycles. The van der Waals surface area contributed by atoms with Crippen LogP contribution in [0.3, 0.4) is 0 Å². The lowest BCUT2D eigenvalue weighted by Gasteiger charge is -2.26. The molecule has 2 amide bonds. The van der Waals surface area contributed by atoms with Crippen LogP contribution in [-0.2, 0) is 18.7 Å². The van der Waals surface area contributed by atoms with Gasteiger partial charge in [-0.25, -0.2) is 0 Å². The van der Waals surface area contributed by atoms with Gasteiger partial charge in [0.2, 0.25) is 15.2 Å². The lowest BCUT2D eigenvalue weighted by atomic mass is 10.5. The van der Waals surface area contributed by atoms with E-state index in [1.165, 1.54) is 10.6 Å². The van der Waals surface area contributed by atoms with Gasteiger partial charge in [-0.1, -0.05) is 0 Å². The first-order chi connectivity index (χ1) is 9.55. The first-order valence-corrected chi connectivity index (χ1v) is 8.10. The molecular formula is C6H8F4N2O8P2-2. The van der Waals surface area contributed by atoms with Crippen molar-refractivity contribution in [2.75, 3.05) is 13.1 Å². The van der Waals surface area contributed by atoms with Crippen molar-refractivity contribution in [2.45, 2.75) is 11.3 Å². The third-order valence-electron chi connectivity index (χ3n) is 1.95. The molecule has 0 aliphatic heterocycles. The molecule has 0 spiro atoms. The standard InChI is InChI=1S/C6H10F4N2O8P2/c7-5(8,21(15,16)17)3(13)11-1-2-12-4(14)6(9,10)22(18,19)20/h1-2H2,(H,11,13)(H,12,14)(H2,15,16,17)(H2,18,19,20)/p-2. The minimum absolute atomic E-state index is 1.01. The van der Waals surface area contributed by atoms with Gasteiger partial charge in [0.05, 0.1) is 0 Å². The summed E-state index contributed by atoms with van der Waals surface area (Å²) in [6, 6.07) is 0. The third-order valence-corrected chi connectivity index (χ3v) is 3.78. The van der Waals surface area contributed by atoms with Gasteiger partial charge >= 0.3 is 11.3 Å². The molecule has 0 aromatic rings. The molecule has 4 N–H and O–H groups in total. The molecule has 0 aliphatic carbocycles. The lowest BCUT2D eigenvalue weighted by Crippen LogP contribution is -2.47. The van der Waals surface area contributed by atoms with Gasteiger partial charge in [-0.3, -0.25) is 9.59 Å². The highest BCUT2D eigenvalue weighted by molar-refractivity contribution is 7.53. The molecule has 16 heteroatoms. The molecule has 0 heterocycles. The van der Waals surface area contributed by atoms with Crippen molar-refractivity contribution in [3.05, 3.63) is 0 Å². The zero-order chi connectivity index (χ0) is 18.0. The minimum Gasteiger partial charge on any atom is -0.774 e. The summed E-state index contributed by atoms with van der Waals surface area (Å²) in [5, 5.41) is 2.37. The maximum atomic E-state index is 12.7. The Morgan fingerprint density at radius 3 is 1.27 bits per heavy atom. The molecule has 0 radical (unpaired) electrons. The molecule has 22 heavy (non-hydrogen) atoms. The van der Waals surface area contributed by atoms with Crippen molar-refractivity contribution in [3.8, 4) is 0 Å². The van der Waals surface area contributed by atoms with Crippen LogP contribution in [0, 0.1) is 0 Å². The predicted octanol–water partition coefficient (Wildman–Crippen LogP) is -2.50. The highest BCUT2D eigenvalue weighted by atomic mass is 31.2. The summed E-state index contributed by atoms with van der Waals surface area (Å²) >= 11 is 0. The molecule has 0 fully saturated rings. The van der Waals surface area contributed by atoms with Crippen LogP contribution in [0.25, 0.3) is 0 Å². The predicted molar refractivity (Wildman–Crippen MR) is 55.6 cm³/mol. The van der Waals surface area contributed by atoms with Crippen molar-refractivity contribution >= 4 is 27.0 Å². The molecule has 0 saturated heterocycles. The summed E-state index contributed by atoms with van der Waals surface area (Å²) < 4.78 is 71.2. The van der Waals surface area contributed by atoms with E-state index in [0.29, 0.717) is 0 Å². The van der Waals surface area contributed by atoms with Gasteiger partial charge < -0.3 is 39.3 Å². The molecular weight excluding hydrogens is 366 g/mol. The van der Waals surface area contributed by atoms with Crippen LogP contribution in [0.2, 0.25) is 0 Å². The number of nitrogens with one attached hydrogen (secondary N) is 2. The fraction of sp³-hybridized carbons (Fsp3) is 0.667. The van der Waals surface area contributed by atoms with E-state index in [1.54, 1.807) is 0 Å². The summed E-state index contributed by atoms with van der Waals surface area (Å²) in [6.07, 6.45) is 0. The van der Waals surface area contributed by atoms with Gasteiger partial charge in [-0.15, -0.1) is 0 Å². The molecule has 130 valence electrons. The van der Waals surface area contributed by atoms with Crippen LogP contribution in [0.15, 0.2) is 0 Å². The Balaban J connectivity index is 4.48. The van der Waals surface area contributed by atoms with Gasteiger partial charge in [0.15, 0.2) is 0 Å². The molecule has 0 aromatic carbocycles. The first-order valence-electron chi connectivity index (χ1n) is 4.95. The number of hydrogen-bond acceptors (Lipinski definition) is 6. The zero-order valence-corrected chi connectivity index (χ0v) is 12.0. The Bertz CT molecular complexity index is 495. The van der Waals surface area contributed by atoms with Crippen molar-refractivity contribution in [1.82, 2.24) is 10.6 Å². The number of carbonyl (C=O) groups is 2. The number of amides is 2. The quantitative estimate of drug-likeness (QED) is 0.214. The molecule has 2 unspecified atom stereocenters. The first kappa shape index (κ1) is 21.0. The van der Waals surface area contributed by atoms with Crippen molar-refractivity contribution in [2.24, 2.45) is 0 Å². The van der Waals surface area contributed by atoms with Gasteiger partial charge in [0.25, 0.3) is 11.8 Å².